The molecule has 0 aromatic carbocycles. The molecule has 0 unspecified atom stereocenters. The highest BCUT2D eigenvalue weighted by Crippen LogP contribution is 2.26. The van der Waals surface area contributed by atoms with E-state index < -0.39 is 5.97 Å². The van der Waals surface area contributed by atoms with Crippen molar-refractivity contribution >= 4 is 5.97 Å². The van der Waals surface area contributed by atoms with E-state index in [4.69, 9.17) is 9.63 Å². The number of rotatable bonds is 8. The van der Waals surface area contributed by atoms with Crippen LogP contribution < -0.4 is 5.32 Å². The molecule has 1 aromatic rings. The topological polar surface area (TPSA) is 75.4 Å². The third-order valence-electron chi connectivity index (χ3n) is 3.48. The third kappa shape index (κ3) is 5.42. The number of aromatic nitrogens is 1. The number of nitrogens with zero attached hydrogens (tertiary/aromatic N) is 1. The van der Waals surface area contributed by atoms with Crippen molar-refractivity contribution in [2.45, 2.75) is 53.5 Å². The van der Waals surface area contributed by atoms with E-state index in [2.05, 4.69) is 24.3 Å². The Morgan fingerprint density at radius 2 is 2.05 bits per heavy atom. The standard InChI is InChI=1S/C14H24N2O3/c1-10-12(11(2)19-16-10)9-15-8-7-14(3,4)6-5-13(17)18/h15H,5-9H2,1-4H3,(H,17,18). The van der Waals surface area contributed by atoms with E-state index in [0.29, 0.717) is 6.42 Å². The molecule has 0 aliphatic rings. The van der Waals surface area contributed by atoms with Gasteiger partial charge in [-0.05, 0) is 38.6 Å². The van der Waals surface area contributed by atoms with E-state index in [1.54, 1.807) is 0 Å². The summed E-state index contributed by atoms with van der Waals surface area (Å²) in [4.78, 5) is 10.6. The second kappa shape index (κ2) is 6.70. The number of carboxylic acid groups (broad SMARTS) is 1. The minimum absolute atomic E-state index is 0.0458. The van der Waals surface area contributed by atoms with E-state index in [1.807, 2.05) is 13.8 Å². The van der Waals surface area contributed by atoms with E-state index in [-0.39, 0.29) is 11.8 Å². The van der Waals surface area contributed by atoms with Gasteiger partial charge < -0.3 is 14.9 Å². The summed E-state index contributed by atoms with van der Waals surface area (Å²) in [5.74, 6) is 0.131. The van der Waals surface area contributed by atoms with Gasteiger partial charge in [0.25, 0.3) is 0 Å². The van der Waals surface area contributed by atoms with Gasteiger partial charge >= 0.3 is 5.97 Å². The van der Waals surface area contributed by atoms with Gasteiger partial charge in [0.05, 0.1) is 5.69 Å². The fraction of sp³-hybridized carbons (Fsp3) is 0.714. The average molecular weight is 268 g/mol. The van der Waals surface area contributed by atoms with Gasteiger partial charge in [0, 0.05) is 18.5 Å². The van der Waals surface area contributed by atoms with E-state index in [1.165, 1.54) is 0 Å². The maximum absolute atomic E-state index is 10.6. The predicted molar refractivity (Wildman–Crippen MR) is 73.0 cm³/mol. The molecule has 0 bridgehead atoms. The zero-order valence-corrected chi connectivity index (χ0v) is 12.2. The van der Waals surface area contributed by atoms with Gasteiger partial charge in [0.15, 0.2) is 0 Å². The van der Waals surface area contributed by atoms with Crippen molar-refractivity contribution in [1.82, 2.24) is 10.5 Å². The Labute approximate surface area is 114 Å². The van der Waals surface area contributed by atoms with E-state index >= 15 is 0 Å². The second-order valence-corrected chi connectivity index (χ2v) is 5.79. The van der Waals surface area contributed by atoms with Crippen LogP contribution in [0, 0.1) is 19.3 Å². The molecule has 1 heterocycles. The molecule has 0 aliphatic carbocycles. The van der Waals surface area contributed by atoms with Gasteiger partial charge in [-0.25, -0.2) is 0 Å². The molecule has 0 saturated heterocycles. The number of hydrogen-bond donors (Lipinski definition) is 2. The molecule has 1 rings (SSSR count). The average Bonchev–Trinajstić information content (AvgIpc) is 2.63. The first-order valence-electron chi connectivity index (χ1n) is 6.66. The van der Waals surface area contributed by atoms with Crippen LogP contribution in [0.15, 0.2) is 4.52 Å². The molecule has 0 fully saturated rings. The molecule has 5 nitrogen and oxygen atoms in total. The van der Waals surface area contributed by atoms with E-state index in [0.717, 1.165) is 36.5 Å². The fourth-order valence-corrected chi connectivity index (χ4v) is 1.96. The molecule has 5 heteroatoms. The first-order chi connectivity index (χ1) is 8.82. The molecule has 19 heavy (non-hydrogen) atoms. The molecule has 0 atom stereocenters. The molecule has 0 amide bonds. The summed E-state index contributed by atoms with van der Waals surface area (Å²) in [5, 5.41) is 16.0. The van der Waals surface area contributed by atoms with Crippen LogP contribution in [0.3, 0.4) is 0 Å². The minimum atomic E-state index is -0.725. The second-order valence-electron chi connectivity index (χ2n) is 5.79. The molecular formula is C14H24N2O3. The summed E-state index contributed by atoms with van der Waals surface area (Å²) in [7, 11) is 0. The first-order valence-corrected chi connectivity index (χ1v) is 6.66. The fourth-order valence-electron chi connectivity index (χ4n) is 1.96. The first kappa shape index (κ1) is 15.7. The van der Waals surface area contributed by atoms with Gasteiger partial charge in [-0.3, -0.25) is 4.79 Å². The Bertz CT molecular complexity index is 405. The molecule has 0 aliphatic heterocycles. The number of carbonyl (C=O) groups is 1. The summed E-state index contributed by atoms with van der Waals surface area (Å²) in [5.41, 5.74) is 2.09. The molecule has 2 N–H and O–H groups in total. The summed E-state index contributed by atoms with van der Waals surface area (Å²) >= 11 is 0. The van der Waals surface area contributed by atoms with Crippen molar-refractivity contribution in [3.63, 3.8) is 0 Å². The highest BCUT2D eigenvalue weighted by atomic mass is 16.5. The Balaban J connectivity index is 2.28. The molecular weight excluding hydrogens is 244 g/mol. The summed E-state index contributed by atoms with van der Waals surface area (Å²) < 4.78 is 5.10. The number of aliphatic carboxylic acids is 1. The molecule has 108 valence electrons. The quantitative estimate of drug-likeness (QED) is 0.709. The van der Waals surface area contributed by atoms with Crippen molar-refractivity contribution < 1.29 is 14.4 Å². The Morgan fingerprint density at radius 3 is 2.58 bits per heavy atom. The number of hydrogen-bond acceptors (Lipinski definition) is 4. The van der Waals surface area contributed by atoms with Gasteiger partial charge in [-0.15, -0.1) is 0 Å². The maximum Gasteiger partial charge on any atom is 0.303 e. The molecule has 1 aromatic heterocycles. The van der Waals surface area contributed by atoms with Crippen LogP contribution in [0.4, 0.5) is 0 Å². The lowest BCUT2D eigenvalue weighted by atomic mass is 9.84. The Morgan fingerprint density at radius 1 is 1.37 bits per heavy atom. The highest BCUT2D eigenvalue weighted by molar-refractivity contribution is 5.66. The third-order valence-corrected chi connectivity index (χ3v) is 3.48. The monoisotopic (exact) mass is 268 g/mol. The van der Waals surface area contributed by atoms with Crippen molar-refractivity contribution in [2.24, 2.45) is 5.41 Å². The minimum Gasteiger partial charge on any atom is -0.481 e. The zero-order valence-electron chi connectivity index (χ0n) is 12.2. The van der Waals surface area contributed by atoms with Crippen molar-refractivity contribution in [1.29, 1.82) is 0 Å². The molecule has 0 spiro atoms. The summed E-state index contributed by atoms with van der Waals surface area (Å²) in [6, 6.07) is 0. The number of nitrogens with one attached hydrogen (secondary N) is 1. The number of carboxylic acids is 1. The van der Waals surface area contributed by atoms with Gasteiger partial charge in [-0.1, -0.05) is 19.0 Å². The van der Waals surface area contributed by atoms with Crippen LogP contribution in [0.1, 0.15) is 50.1 Å². The largest absolute Gasteiger partial charge is 0.481 e. The zero-order chi connectivity index (χ0) is 14.5. The highest BCUT2D eigenvalue weighted by Gasteiger charge is 2.18. The van der Waals surface area contributed by atoms with Crippen LogP contribution >= 0.6 is 0 Å². The van der Waals surface area contributed by atoms with Crippen molar-refractivity contribution in [3.8, 4) is 0 Å². The Hall–Kier alpha value is -1.36. The van der Waals surface area contributed by atoms with Gasteiger partial charge in [0.2, 0.25) is 0 Å². The predicted octanol–water partition coefficient (Wildman–Crippen LogP) is 2.66. The summed E-state index contributed by atoms with van der Waals surface area (Å²) in [6.07, 6.45) is 1.88. The van der Waals surface area contributed by atoms with Gasteiger partial charge in [0.1, 0.15) is 5.76 Å². The smallest absolute Gasteiger partial charge is 0.303 e. The number of aryl methyl sites for hydroxylation is 2. The molecule has 0 radical (unpaired) electrons. The van der Waals surface area contributed by atoms with Crippen LogP contribution in [0.25, 0.3) is 0 Å². The van der Waals surface area contributed by atoms with Crippen LogP contribution in [-0.4, -0.2) is 22.8 Å². The normalized spacial score (nSPS) is 11.8. The van der Waals surface area contributed by atoms with E-state index in [9.17, 15) is 4.79 Å². The lowest BCUT2D eigenvalue weighted by molar-refractivity contribution is -0.137. The van der Waals surface area contributed by atoms with Crippen molar-refractivity contribution in [2.75, 3.05) is 6.54 Å². The van der Waals surface area contributed by atoms with Crippen LogP contribution in [-0.2, 0) is 11.3 Å². The lowest BCUT2D eigenvalue weighted by Crippen LogP contribution is -2.23. The maximum atomic E-state index is 10.6. The van der Waals surface area contributed by atoms with Crippen LogP contribution in [0.5, 0.6) is 0 Å². The van der Waals surface area contributed by atoms with Gasteiger partial charge in [-0.2, -0.15) is 0 Å². The lowest BCUT2D eigenvalue weighted by Gasteiger charge is -2.23. The SMILES string of the molecule is Cc1noc(C)c1CNCCC(C)(C)CCC(=O)O. The van der Waals surface area contributed by atoms with Crippen molar-refractivity contribution in [3.05, 3.63) is 17.0 Å². The Kier molecular flexibility index (Phi) is 5.54. The van der Waals surface area contributed by atoms with Crippen LogP contribution in [0.2, 0.25) is 0 Å². The molecule has 0 saturated carbocycles. The summed E-state index contributed by atoms with van der Waals surface area (Å²) in [6.45, 7) is 9.66.